The van der Waals surface area contributed by atoms with E-state index >= 15 is 0 Å². The number of ether oxygens (including phenoxy) is 2. The Morgan fingerprint density at radius 1 is 0.978 bits per heavy atom. The van der Waals surface area contributed by atoms with Crippen molar-refractivity contribution >= 4 is 86.3 Å². The van der Waals surface area contributed by atoms with Gasteiger partial charge in [0.1, 0.15) is 0 Å². The summed E-state index contributed by atoms with van der Waals surface area (Å²) in [5.41, 5.74) is -4.67. The average molecular weight is 748 g/mol. The molecule has 3 rings (SSSR count). The molecule has 0 saturated carbocycles. The topological polar surface area (TPSA) is 114 Å². The van der Waals surface area contributed by atoms with Gasteiger partial charge in [0, 0.05) is 25.7 Å². The lowest BCUT2D eigenvalue weighted by Crippen LogP contribution is -2.43. The molecule has 0 spiro atoms. The SMILES string of the molecule is C=C(c1cc(Cl)cc(Cl)c1)C(F)(F)F.CCOC(=N)/C(Cl)=N/O.CCOC(=O)C1=NOC(c2cc(Cl)cc(Cl)c2)(C(F)(F)F)C1. The fourth-order valence-corrected chi connectivity index (χ4v) is 4.26. The molecule has 0 bridgehead atoms. The highest BCUT2D eigenvalue weighted by Gasteiger charge is 2.63. The highest BCUT2D eigenvalue weighted by Crippen LogP contribution is 2.49. The number of nitrogens with zero attached hydrogens (tertiary/aromatic N) is 2. The molecule has 2 aromatic rings. The van der Waals surface area contributed by atoms with Crippen LogP contribution in [0.25, 0.3) is 5.57 Å². The Morgan fingerprint density at radius 3 is 1.84 bits per heavy atom. The van der Waals surface area contributed by atoms with Crippen LogP contribution in [-0.4, -0.2) is 53.5 Å². The molecular formula is C26H22Cl5F6N3O5. The highest BCUT2D eigenvalue weighted by molar-refractivity contribution is 6.82. The summed E-state index contributed by atoms with van der Waals surface area (Å²) in [6.07, 6.45) is -10.1. The number of hydrogen-bond acceptors (Lipinski definition) is 8. The molecule has 0 radical (unpaired) electrons. The maximum Gasteiger partial charge on any atom is 0.435 e. The molecule has 1 aliphatic heterocycles. The highest BCUT2D eigenvalue weighted by atomic mass is 35.5. The van der Waals surface area contributed by atoms with E-state index in [4.69, 9.17) is 68.6 Å². The molecule has 0 aliphatic carbocycles. The lowest BCUT2D eigenvalue weighted by molar-refractivity contribution is -0.275. The van der Waals surface area contributed by atoms with Crippen LogP contribution < -0.4 is 0 Å². The number of nitrogens with one attached hydrogen (secondary N) is 1. The molecule has 1 unspecified atom stereocenters. The summed E-state index contributed by atoms with van der Waals surface area (Å²) in [7, 11) is 0. The first-order valence-corrected chi connectivity index (χ1v) is 13.9. The summed E-state index contributed by atoms with van der Waals surface area (Å²) in [6.45, 7) is 6.52. The summed E-state index contributed by atoms with van der Waals surface area (Å²) < 4.78 is 86.5. The van der Waals surface area contributed by atoms with Crippen molar-refractivity contribution in [2.45, 2.75) is 38.2 Å². The number of allylic oxidation sites excluding steroid dienone is 1. The van der Waals surface area contributed by atoms with E-state index in [9.17, 15) is 31.1 Å². The van der Waals surface area contributed by atoms with Gasteiger partial charge < -0.3 is 19.5 Å². The van der Waals surface area contributed by atoms with Crippen molar-refractivity contribution in [3.63, 3.8) is 0 Å². The van der Waals surface area contributed by atoms with Crippen LogP contribution in [0, 0.1) is 5.41 Å². The minimum absolute atomic E-state index is 0.0132. The zero-order chi connectivity index (χ0) is 34.8. The lowest BCUT2D eigenvalue weighted by atomic mass is 9.88. The van der Waals surface area contributed by atoms with Crippen LogP contribution in [-0.2, 0) is 24.7 Å². The fraction of sp³-hybridized carbons (Fsp3) is 0.308. The van der Waals surface area contributed by atoms with Gasteiger partial charge >= 0.3 is 18.3 Å². The van der Waals surface area contributed by atoms with E-state index in [1.54, 1.807) is 6.92 Å². The van der Waals surface area contributed by atoms with Gasteiger partial charge in [0.05, 0.1) is 25.2 Å². The first-order chi connectivity index (χ1) is 20.7. The van der Waals surface area contributed by atoms with Crippen molar-refractivity contribution in [1.29, 1.82) is 5.41 Å². The molecule has 19 heteroatoms. The van der Waals surface area contributed by atoms with Gasteiger partial charge in [-0.3, -0.25) is 5.41 Å². The summed E-state index contributed by atoms with van der Waals surface area (Å²) in [4.78, 5) is 16.2. The van der Waals surface area contributed by atoms with Crippen molar-refractivity contribution in [3.05, 3.63) is 74.2 Å². The number of carbonyl (C=O) groups excluding carboxylic acids is 1. The third-order valence-corrected chi connectivity index (χ3v) is 6.26. The van der Waals surface area contributed by atoms with E-state index in [2.05, 4.69) is 31.2 Å². The molecule has 0 aromatic heterocycles. The smallest absolute Gasteiger partial charge is 0.435 e. The maximum absolute atomic E-state index is 13.6. The zero-order valence-corrected chi connectivity index (χ0v) is 26.7. The third-order valence-electron chi connectivity index (χ3n) is 5.14. The molecule has 1 atom stereocenters. The van der Waals surface area contributed by atoms with Gasteiger partial charge in [-0.25, -0.2) is 4.79 Å². The second-order valence-electron chi connectivity index (χ2n) is 8.30. The molecule has 1 aliphatic rings. The summed E-state index contributed by atoms with van der Waals surface area (Å²) >= 11 is 27.8. The predicted molar refractivity (Wildman–Crippen MR) is 160 cm³/mol. The van der Waals surface area contributed by atoms with E-state index in [0.29, 0.717) is 6.61 Å². The lowest BCUT2D eigenvalue weighted by Gasteiger charge is -2.29. The van der Waals surface area contributed by atoms with Gasteiger partial charge in [0.15, 0.2) is 5.71 Å². The average Bonchev–Trinajstić information content (AvgIpc) is 3.39. The number of rotatable bonds is 6. The molecule has 8 nitrogen and oxygen atoms in total. The van der Waals surface area contributed by atoms with Crippen molar-refractivity contribution in [2.75, 3.05) is 13.2 Å². The van der Waals surface area contributed by atoms with Crippen LogP contribution in [0.15, 0.2) is 53.3 Å². The van der Waals surface area contributed by atoms with Crippen LogP contribution in [0.2, 0.25) is 20.1 Å². The number of esters is 1. The molecule has 2 N–H and O–H groups in total. The molecule has 45 heavy (non-hydrogen) atoms. The summed E-state index contributed by atoms with van der Waals surface area (Å²) in [6, 6.07) is 7.14. The minimum Gasteiger partial charge on any atom is -0.476 e. The van der Waals surface area contributed by atoms with E-state index in [1.165, 1.54) is 31.2 Å². The number of alkyl halides is 6. The monoisotopic (exact) mass is 745 g/mol. The Bertz CT molecular complexity index is 1410. The maximum atomic E-state index is 13.6. The van der Waals surface area contributed by atoms with E-state index in [1.807, 2.05) is 0 Å². The Morgan fingerprint density at radius 2 is 1.44 bits per heavy atom. The van der Waals surface area contributed by atoms with Crippen molar-refractivity contribution in [3.8, 4) is 0 Å². The van der Waals surface area contributed by atoms with Crippen LogP contribution >= 0.6 is 58.0 Å². The van der Waals surface area contributed by atoms with Gasteiger partial charge in [-0.1, -0.05) is 74.9 Å². The molecule has 2 aromatic carbocycles. The van der Waals surface area contributed by atoms with Crippen LogP contribution in [0.1, 0.15) is 31.4 Å². The largest absolute Gasteiger partial charge is 0.476 e. The van der Waals surface area contributed by atoms with Crippen molar-refractivity contribution in [2.24, 2.45) is 10.3 Å². The van der Waals surface area contributed by atoms with E-state index in [-0.39, 0.29) is 48.9 Å². The van der Waals surface area contributed by atoms with Crippen LogP contribution in [0.5, 0.6) is 0 Å². The molecule has 248 valence electrons. The number of oxime groups is 2. The molecule has 0 amide bonds. The predicted octanol–water partition coefficient (Wildman–Crippen LogP) is 9.69. The second kappa shape index (κ2) is 17.1. The first-order valence-electron chi connectivity index (χ1n) is 12.0. The Hall–Kier alpha value is -2.91. The normalized spacial score (nSPS) is 16.2. The van der Waals surface area contributed by atoms with Gasteiger partial charge in [-0.15, -0.1) is 0 Å². The van der Waals surface area contributed by atoms with Gasteiger partial charge in [-0.2, -0.15) is 26.3 Å². The van der Waals surface area contributed by atoms with Crippen LogP contribution in [0.3, 0.4) is 0 Å². The van der Waals surface area contributed by atoms with Crippen molar-refractivity contribution in [1.82, 2.24) is 0 Å². The third kappa shape index (κ3) is 11.8. The van der Waals surface area contributed by atoms with Gasteiger partial charge in [0.25, 0.3) is 5.60 Å². The number of carbonyl (C=O) groups is 1. The Kier molecular flexibility index (Phi) is 15.3. The van der Waals surface area contributed by atoms with Gasteiger partial charge in [-0.05, 0) is 55.8 Å². The number of hydrogen-bond donors (Lipinski definition) is 2. The first kappa shape index (κ1) is 40.1. The second-order valence-corrected chi connectivity index (χ2v) is 10.4. The molecular weight excluding hydrogens is 726 g/mol. The van der Waals surface area contributed by atoms with Crippen LogP contribution in [0.4, 0.5) is 26.3 Å². The standard InChI is InChI=1S/C13H10Cl2F3NO3.C9H5Cl2F3.C4H7ClN2O2/c1-2-21-11(20)10-6-12(22-19-10,13(16,17)18)7-3-8(14)5-9(15)4-7;1-5(9(12,13)14)6-2-7(10)4-8(11)3-6;1-2-9-4(6)3(5)7-8/h3-5H,2,6H2,1H3;2-4H,1H2;6,8H,2H2,1H3/b;;6-4?,7-3-. The quantitative estimate of drug-likeness (QED) is 0.0763. The number of benzene rings is 2. The molecule has 0 fully saturated rings. The summed E-state index contributed by atoms with van der Waals surface area (Å²) in [5.74, 6) is -1.27. The summed E-state index contributed by atoms with van der Waals surface area (Å²) in [5, 5.41) is 20.6. The Balaban J connectivity index is 0.000000377. The minimum atomic E-state index is -4.83. The van der Waals surface area contributed by atoms with Crippen molar-refractivity contribution < 1.29 is 50.7 Å². The molecule has 0 saturated heterocycles. The van der Waals surface area contributed by atoms with E-state index in [0.717, 1.165) is 12.1 Å². The number of halogens is 11. The van der Waals surface area contributed by atoms with E-state index < -0.39 is 41.6 Å². The zero-order valence-electron chi connectivity index (χ0n) is 22.9. The fourth-order valence-electron chi connectivity index (χ4n) is 3.16. The Labute approximate surface area is 277 Å². The molecule has 1 heterocycles. The van der Waals surface area contributed by atoms with Gasteiger partial charge in [0.2, 0.25) is 11.1 Å².